The molecule has 3 rings (SSSR count). The second-order valence-electron chi connectivity index (χ2n) is 4.88. The zero-order valence-corrected chi connectivity index (χ0v) is 10.9. The van der Waals surface area contributed by atoms with Gasteiger partial charge in [-0.25, -0.2) is 8.78 Å². The minimum Gasteiger partial charge on any atom is -0.493 e. The van der Waals surface area contributed by atoms with E-state index in [4.69, 9.17) is 4.74 Å². The Morgan fingerprint density at radius 3 is 2.85 bits per heavy atom. The summed E-state index contributed by atoms with van der Waals surface area (Å²) in [5.41, 5.74) is 1.46. The van der Waals surface area contributed by atoms with Crippen LogP contribution >= 0.6 is 0 Å². The molecule has 0 saturated heterocycles. The van der Waals surface area contributed by atoms with Crippen LogP contribution in [0.2, 0.25) is 0 Å². The molecule has 1 aliphatic rings. The van der Waals surface area contributed by atoms with Gasteiger partial charge >= 0.3 is 0 Å². The first-order valence-corrected chi connectivity index (χ1v) is 6.64. The van der Waals surface area contributed by atoms with Crippen LogP contribution in [0.4, 0.5) is 14.5 Å². The first kappa shape index (κ1) is 12.9. The van der Waals surface area contributed by atoms with Gasteiger partial charge in [-0.2, -0.15) is 0 Å². The fraction of sp³-hybridized carbons (Fsp3) is 0.250. The lowest BCUT2D eigenvalue weighted by Gasteiger charge is -2.26. The normalized spacial score (nSPS) is 17.2. The summed E-state index contributed by atoms with van der Waals surface area (Å²) >= 11 is 0. The molecule has 1 aliphatic heterocycles. The summed E-state index contributed by atoms with van der Waals surface area (Å²) in [6.07, 6.45) is 0.882. The van der Waals surface area contributed by atoms with Crippen LogP contribution in [0.1, 0.15) is 17.9 Å². The first-order chi connectivity index (χ1) is 9.74. The fourth-order valence-corrected chi connectivity index (χ4v) is 2.49. The van der Waals surface area contributed by atoms with Crippen molar-refractivity contribution in [2.24, 2.45) is 0 Å². The predicted molar refractivity (Wildman–Crippen MR) is 74.1 cm³/mol. The van der Waals surface area contributed by atoms with E-state index in [1.54, 1.807) is 0 Å². The van der Waals surface area contributed by atoms with Gasteiger partial charge in [-0.15, -0.1) is 0 Å². The molecule has 0 aromatic heterocycles. The highest BCUT2D eigenvalue weighted by Gasteiger charge is 2.21. The summed E-state index contributed by atoms with van der Waals surface area (Å²) in [5, 5.41) is 3.05. The van der Waals surface area contributed by atoms with Crippen LogP contribution in [-0.2, 0) is 0 Å². The molecule has 1 atom stereocenters. The van der Waals surface area contributed by atoms with Crippen LogP contribution in [0.25, 0.3) is 0 Å². The van der Waals surface area contributed by atoms with Crippen molar-refractivity contribution in [2.75, 3.05) is 18.5 Å². The highest BCUT2D eigenvalue weighted by Crippen LogP contribution is 2.33. The van der Waals surface area contributed by atoms with Gasteiger partial charge in [0.15, 0.2) is 0 Å². The van der Waals surface area contributed by atoms with Crippen LogP contribution in [-0.4, -0.2) is 13.2 Å². The van der Waals surface area contributed by atoms with Gasteiger partial charge in [0.05, 0.1) is 12.3 Å². The molecule has 0 spiro atoms. The lowest BCUT2D eigenvalue weighted by Crippen LogP contribution is -2.21. The molecular weight excluding hydrogens is 260 g/mol. The van der Waals surface area contributed by atoms with Crippen LogP contribution in [0.5, 0.6) is 5.75 Å². The topological polar surface area (TPSA) is 21.3 Å². The number of fused-ring (bicyclic) bond motifs is 1. The Kier molecular flexibility index (Phi) is 3.54. The molecule has 0 fully saturated rings. The van der Waals surface area contributed by atoms with Crippen molar-refractivity contribution in [1.82, 2.24) is 0 Å². The number of halogens is 2. The summed E-state index contributed by atoms with van der Waals surface area (Å²) in [5.74, 6) is 0.0318. The van der Waals surface area contributed by atoms with Crippen LogP contribution in [0, 0.1) is 11.6 Å². The number of nitrogens with one attached hydrogen (secondary N) is 1. The van der Waals surface area contributed by atoms with Crippen molar-refractivity contribution in [3.05, 3.63) is 59.7 Å². The molecule has 4 heteroatoms. The van der Waals surface area contributed by atoms with E-state index >= 15 is 0 Å². The maximum absolute atomic E-state index is 13.6. The van der Waals surface area contributed by atoms with E-state index < -0.39 is 11.6 Å². The average molecular weight is 275 g/mol. The summed E-state index contributed by atoms with van der Waals surface area (Å²) in [6, 6.07) is 11.5. The summed E-state index contributed by atoms with van der Waals surface area (Å²) in [4.78, 5) is 0. The number of benzene rings is 2. The predicted octanol–water partition coefficient (Wildman–Crippen LogP) is 3.94. The fourth-order valence-electron chi connectivity index (χ4n) is 2.49. The molecule has 2 nitrogen and oxygen atoms in total. The third kappa shape index (κ3) is 2.59. The zero-order chi connectivity index (χ0) is 13.9. The monoisotopic (exact) mass is 275 g/mol. The maximum atomic E-state index is 13.6. The van der Waals surface area contributed by atoms with E-state index in [0.717, 1.165) is 23.8 Å². The number of anilines is 1. The van der Waals surface area contributed by atoms with Crippen molar-refractivity contribution in [3.8, 4) is 5.75 Å². The van der Waals surface area contributed by atoms with E-state index in [1.807, 2.05) is 24.3 Å². The Hall–Kier alpha value is -2.10. The smallest absolute Gasteiger partial charge is 0.149 e. The molecule has 20 heavy (non-hydrogen) atoms. The zero-order valence-electron chi connectivity index (χ0n) is 10.9. The molecular formula is C16H15F2NO. The second-order valence-corrected chi connectivity index (χ2v) is 4.88. The molecule has 1 N–H and O–H groups in total. The maximum Gasteiger partial charge on any atom is 0.149 e. The first-order valence-electron chi connectivity index (χ1n) is 6.64. The average Bonchev–Trinajstić information content (AvgIpc) is 2.46. The second kappa shape index (κ2) is 5.49. The van der Waals surface area contributed by atoms with Gasteiger partial charge in [0.25, 0.3) is 0 Å². The van der Waals surface area contributed by atoms with Crippen molar-refractivity contribution in [1.29, 1.82) is 0 Å². The van der Waals surface area contributed by atoms with Crippen molar-refractivity contribution in [2.45, 2.75) is 12.3 Å². The molecule has 0 amide bonds. The minimum atomic E-state index is -0.565. The standard InChI is InChI=1S/C16H15F2NO/c17-12-5-6-15(14(18)9-12)19-10-11-7-8-20-16-4-2-1-3-13(11)16/h1-6,9,11,19H,7-8,10H2. The molecule has 1 unspecified atom stereocenters. The van der Waals surface area contributed by atoms with Crippen molar-refractivity contribution < 1.29 is 13.5 Å². The lowest BCUT2D eigenvalue weighted by molar-refractivity contribution is 0.270. The van der Waals surface area contributed by atoms with Gasteiger partial charge in [-0.3, -0.25) is 0 Å². The van der Waals surface area contributed by atoms with Gasteiger partial charge in [0.2, 0.25) is 0 Å². The minimum absolute atomic E-state index is 0.268. The van der Waals surface area contributed by atoms with E-state index in [-0.39, 0.29) is 5.92 Å². The lowest BCUT2D eigenvalue weighted by atomic mass is 9.93. The Morgan fingerprint density at radius 2 is 2.00 bits per heavy atom. The Labute approximate surface area is 116 Å². The molecule has 2 aromatic rings. The molecule has 0 bridgehead atoms. The van der Waals surface area contributed by atoms with Gasteiger partial charge in [-0.05, 0) is 30.2 Å². The molecule has 0 radical (unpaired) electrons. The number of ether oxygens (including phenoxy) is 1. The molecule has 1 heterocycles. The number of hydrogen-bond acceptors (Lipinski definition) is 2. The van der Waals surface area contributed by atoms with Gasteiger partial charge in [-0.1, -0.05) is 18.2 Å². The third-order valence-electron chi connectivity index (χ3n) is 3.55. The Morgan fingerprint density at radius 1 is 1.15 bits per heavy atom. The summed E-state index contributed by atoms with van der Waals surface area (Å²) < 4.78 is 32.0. The Balaban J connectivity index is 1.73. The number of hydrogen-bond donors (Lipinski definition) is 1. The van der Waals surface area contributed by atoms with Crippen LogP contribution in [0.3, 0.4) is 0 Å². The molecule has 0 saturated carbocycles. The van der Waals surface area contributed by atoms with Crippen molar-refractivity contribution in [3.63, 3.8) is 0 Å². The SMILES string of the molecule is Fc1ccc(NCC2CCOc3ccccc32)c(F)c1. The van der Waals surface area contributed by atoms with Gasteiger partial charge < -0.3 is 10.1 Å². The van der Waals surface area contributed by atoms with Gasteiger partial charge in [0, 0.05) is 18.5 Å². The highest BCUT2D eigenvalue weighted by molar-refractivity contribution is 5.46. The van der Waals surface area contributed by atoms with E-state index in [0.29, 0.717) is 18.8 Å². The third-order valence-corrected chi connectivity index (χ3v) is 3.55. The summed E-state index contributed by atoms with van der Waals surface area (Å²) in [7, 11) is 0. The quantitative estimate of drug-likeness (QED) is 0.916. The number of rotatable bonds is 3. The van der Waals surface area contributed by atoms with Crippen LogP contribution < -0.4 is 10.1 Å². The van der Waals surface area contributed by atoms with Crippen molar-refractivity contribution >= 4 is 5.69 Å². The van der Waals surface area contributed by atoms with E-state index in [2.05, 4.69) is 5.32 Å². The van der Waals surface area contributed by atoms with Gasteiger partial charge in [0.1, 0.15) is 17.4 Å². The van der Waals surface area contributed by atoms with E-state index in [1.165, 1.54) is 12.1 Å². The molecule has 2 aromatic carbocycles. The Bertz CT molecular complexity index is 615. The largest absolute Gasteiger partial charge is 0.493 e. The summed E-state index contributed by atoms with van der Waals surface area (Å²) in [6.45, 7) is 1.26. The highest BCUT2D eigenvalue weighted by atomic mass is 19.1. The van der Waals surface area contributed by atoms with E-state index in [9.17, 15) is 8.78 Å². The van der Waals surface area contributed by atoms with Crippen LogP contribution in [0.15, 0.2) is 42.5 Å². The number of para-hydroxylation sites is 1. The molecule has 104 valence electrons. The molecule has 0 aliphatic carbocycles.